The van der Waals surface area contributed by atoms with Gasteiger partial charge in [0, 0.05) is 62.0 Å². The fourth-order valence-electron chi connectivity index (χ4n) is 6.13. The van der Waals surface area contributed by atoms with Gasteiger partial charge in [-0.05, 0) is 56.4 Å². The van der Waals surface area contributed by atoms with Crippen molar-refractivity contribution in [1.82, 2.24) is 25.5 Å². The Balaban J connectivity index is 1.20. The van der Waals surface area contributed by atoms with Gasteiger partial charge in [0.25, 0.3) is 0 Å². The summed E-state index contributed by atoms with van der Waals surface area (Å²) in [5.74, 6) is 0.702. The van der Waals surface area contributed by atoms with Gasteiger partial charge in [-0.2, -0.15) is 9.97 Å². The van der Waals surface area contributed by atoms with Crippen LogP contribution in [0.15, 0.2) is 48.6 Å². The van der Waals surface area contributed by atoms with Gasteiger partial charge in [0.15, 0.2) is 0 Å². The summed E-state index contributed by atoms with van der Waals surface area (Å²) in [6.07, 6.45) is 6.14. The van der Waals surface area contributed by atoms with Gasteiger partial charge < -0.3 is 29.5 Å². The van der Waals surface area contributed by atoms with Gasteiger partial charge in [-0.3, -0.25) is 10.1 Å². The summed E-state index contributed by atoms with van der Waals surface area (Å²) in [6.45, 7) is 5.59. The summed E-state index contributed by atoms with van der Waals surface area (Å²) >= 11 is 6.69. The lowest BCUT2D eigenvalue weighted by molar-refractivity contribution is -0.116. The van der Waals surface area contributed by atoms with Crippen LogP contribution in [0.2, 0.25) is 5.02 Å². The zero-order valence-electron chi connectivity index (χ0n) is 24.9. The zero-order valence-corrected chi connectivity index (χ0v) is 25.6. The minimum absolute atomic E-state index is 0.149. The molecule has 3 aliphatic rings. The number of aromatic nitrogens is 2. The number of nitrogens with one attached hydrogen (secondary N) is 2. The smallest absolute Gasteiger partial charge is 0.318 e. The quantitative estimate of drug-likeness (QED) is 0.337. The van der Waals surface area contributed by atoms with Crippen molar-refractivity contribution in [3.8, 4) is 6.01 Å². The maximum Gasteiger partial charge on any atom is 0.318 e. The molecule has 1 aromatic heterocycles. The number of ether oxygens (including phenoxy) is 2. The van der Waals surface area contributed by atoms with E-state index in [1.807, 2.05) is 19.2 Å². The lowest BCUT2D eigenvalue weighted by Gasteiger charge is -2.33. The number of hydrogen-bond donors (Lipinski definition) is 2. The van der Waals surface area contributed by atoms with Crippen LogP contribution in [0.5, 0.6) is 6.01 Å². The van der Waals surface area contributed by atoms with Crippen LogP contribution in [0.25, 0.3) is 10.8 Å². The number of likely N-dealkylation sites (N-methyl/N-ethyl adjacent to an activating group) is 2. The van der Waals surface area contributed by atoms with Crippen LogP contribution in [0.4, 0.5) is 11.5 Å². The van der Waals surface area contributed by atoms with E-state index < -0.39 is 0 Å². The van der Waals surface area contributed by atoms with Crippen LogP contribution in [0.1, 0.15) is 24.1 Å². The Morgan fingerprint density at radius 1 is 1.26 bits per heavy atom. The van der Waals surface area contributed by atoms with E-state index in [0.29, 0.717) is 44.9 Å². The first-order valence-corrected chi connectivity index (χ1v) is 15.5. The second kappa shape index (κ2) is 13.5. The van der Waals surface area contributed by atoms with Crippen LogP contribution in [0.3, 0.4) is 0 Å². The predicted molar refractivity (Wildman–Crippen MR) is 170 cm³/mol. The summed E-state index contributed by atoms with van der Waals surface area (Å²) < 4.78 is 11.7. The van der Waals surface area contributed by atoms with Gasteiger partial charge in [0.05, 0.1) is 23.9 Å². The van der Waals surface area contributed by atoms with Crippen LogP contribution in [-0.4, -0.2) is 93.1 Å². The third-order valence-electron chi connectivity index (χ3n) is 8.55. The minimum Gasteiger partial charge on any atom is -0.462 e. The largest absolute Gasteiger partial charge is 0.462 e. The van der Waals surface area contributed by atoms with Crippen molar-refractivity contribution in [3.05, 3.63) is 64.8 Å². The van der Waals surface area contributed by atoms with Crippen LogP contribution >= 0.6 is 11.6 Å². The molecule has 4 heterocycles. The van der Waals surface area contributed by atoms with Crippen molar-refractivity contribution in [3.63, 3.8) is 0 Å². The molecule has 2 fully saturated rings. The molecule has 43 heavy (non-hydrogen) atoms. The number of carbonyl (C=O) groups excluding carboxylic acids is 1. The van der Waals surface area contributed by atoms with E-state index in [1.165, 1.54) is 12.5 Å². The second-order valence-electron chi connectivity index (χ2n) is 11.4. The second-order valence-corrected chi connectivity index (χ2v) is 11.9. The summed E-state index contributed by atoms with van der Waals surface area (Å²) in [4.78, 5) is 29.0. The van der Waals surface area contributed by atoms with Gasteiger partial charge in [-0.25, -0.2) is 0 Å². The molecule has 3 aromatic rings. The molecule has 0 aliphatic carbocycles. The molecule has 10 nitrogen and oxygen atoms in total. The van der Waals surface area contributed by atoms with E-state index in [-0.39, 0.29) is 12.1 Å². The molecule has 6 rings (SSSR count). The van der Waals surface area contributed by atoms with Crippen molar-refractivity contribution < 1.29 is 14.3 Å². The Morgan fingerprint density at radius 2 is 2.12 bits per heavy atom. The van der Waals surface area contributed by atoms with Crippen LogP contribution in [-0.2, 0) is 22.5 Å². The topological polar surface area (TPSA) is 95.1 Å². The molecule has 2 aromatic carbocycles. The van der Waals surface area contributed by atoms with E-state index >= 15 is 0 Å². The fraction of sp³-hybridized carbons (Fsp3) is 0.469. The molecule has 228 valence electrons. The average Bonchev–Trinajstić information content (AvgIpc) is 3.69. The first-order valence-electron chi connectivity index (χ1n) is 15.1. The highest BCUT2D eigenvalue weighted by molar-refractivity contribution is 6.36. The normalized spacial score (nSPS) is 20.6. The Morgan fingerprint density at radius 3 is 2.91 bits per heavy atom. The van der Waals surface area contributed by atoms with E-state index in [4.69, 9.17) is 31.0 Å². The van der Waals surface area contributed by atoms with Crippen molar-refractivity contribution in [2.75, 3.05) is 69.8 Å². The first-order chi connectivity index (χ1) is 21.0. The van der Waals surface area contributed by atoms with Crippen molar-refractivity contribution in [2.24, 2.45) is 0 Å². The van der Waals surface area contributed by atoms with Gasteiger partial charge in [0.1, 0.15) is 18.7 Å². The van der Waals surface area contributed by atoms with Crippen LogP contribution in [0, 0.1) is 0 Å². The third-order valence-corrected chi connectivity index (χ3v) is 8.86. The highest BCUT2D eigenvalue weighted by Crippen LogP contribution is 2.36. The average molecular weight is 606 g/mol. The fourth-order valence-corrected chi connectivity index (χ4v) is 6.41. The maximum absolute atomic E-state index is 12.4. The lowest BCUT2D eigenvalue weighted by Crippen LogP contribution is -2.36. The molecule has 2 N–H and O–H groups in total. The first kappa shape index (κ1) is 29.6. The van der Waals surface area contributed by atoms with Crippen molar-refractivity contribution in [1.29, 1.82) is 0 Å². The number of benzene rings is 2. The molecule has 1 amide bonds. The number of likely N-dealkylation sites (tertiary alicyclic amines) is 1. The number of rotatable bonds is 10. The number of amides is 1. The third kappa shape index (κ3) is 6.88. The highest BCUT2D eigenvalue weighted by atomic mass is 35.5. The monoisotopic (exact) mass is 605 g/mol. The molecule has 0 spiro atoms. The van der Waals surface area contributed by atoms with Crippen molar-refractivity contribution in [2.45, 2.75) is 38.1 Å². The van der Waals surface area contributed by atoms with Crippen LogP contribution < -0.4 is 25.2 Å². The van der Waals surface area contributed by atoms with E-state index in [0.717, 1.165) is 71.0 Å². The Hall–Kier alpha value is -3.44. The number of hydrogen-bond acceptors (Lipinski definition) is 9. The Bertz CT molecular complexity index is 1470. The van der Waals surface area contributed by atoms with E-state index in [9.17, 15) is 4.79 Å². The summed E-state index contributed by atoms with van der Waals surface area (Å²) in [5.41, 5.74) is 3.18. The van der Waals surface area contributed by atoms with Gasteiger partial charge >= 0.3 is 6.01 Å². The Kier molecular flexibility index (Phi) is 9.28. The van der Waals surface area contributed by atoms with Gasteiger partial charge in [0.2, 0.25) is 5.91 Å². The summed E-state index contributed by atoms with van der Waals surface area (Å²) in [6, 6.07) is 13.1. The Labute approximate surface area is 258 Å². The molecule has 1 unspecified atom stereocenters. The van der Waals surface area contributed by atoms with E-state index in [2.05, 4.69) is 56.6 Å². The molecule has 0 bridgehead atoms. The van der Waals surface area contributed by atoms with Gasteiger partial charge in [-0.1, -0.05) is 35.9 Å². The number of carbonyl (C=O) groups is 1. The molecule has 2 atom stereocenters. The van der Waals surface area contributed by atoms with Crippen molar-refractivity contribution >= 4 is 39.8 Å². The molecule has 11 heteroatoms. The number of halogens is 1. The summed E-state index contributed by atoms with van der Waals surface area (Å²) in [5, 5.41) is 9.05. The standard InChI is InChI=1S/C32H40ClN7O3/c1-38-16-5-8-23(38)21-43-32-36-26-20-40(27-10-4-7-22-6-3-9-25(33)30(22)27)17-13-24(26)31(37-32)39(2)18-14-34-28(41)11-12-29-35-15-19-42-29/h3-4,6-7,9-12,23,29,35H,5,8,13-21H2,1-2H3,(H,34,41)/b12-11+/t23-,29?/m0/s1. The molecule has 0 radical (unpaired) electrons. The number of anilines is 2. The molecular formula is C32H40ClN7O3. The minimum atomic E-state index is -0.201. The zero-order chi connectivity index (χ0) is 29.8. The molecular weight excluding hydrogens is 566 g/mol. The molecule has 2 saturated heterocycles. The lowest BCUT2D eigenvalue weighted by atomic mass is 10.0. The number of fused-ring (bicyclic) bond motifs is 2. The highest BCUT2D eigenvalue weighted by Gasteiger charge is 2.27. The van der Waals surface area contributed by atoms with Gasteiger partial charge in [-0.15, -0.1) is 0 Å². The SMILES string of the molecule is CN(CCNC(=O)/C=C/C1NCCO1)c1nc(OC[C@@H]2CCCN2C)nc2c1CCN(c1cccc3cccc(Cl)c13)C2. The van der Waals surface area contributed by atoms with E-state index in [1.54, 1.807) is 6.08 Å². The maximum atomic E-state index is 12.4. The number of nitrogens with zero attached hydrogens (tertiary/aromatic N) is 5. The molecule has 3 aliphatic heterocycles. The summed E-state index contributed by atoms with van der Waals surface area (Å²) in [7, 11) is 4.15. The predicted octanol–water partition coefficient (Wildman–Crippen LogP) is 3.37. The molecule has 0 saturated carbocycles.